The fraction of sp³-hybridized carbons (Fsp3) is 0.312. The molecular formula is C16H18N2O2. The first-order chi connectivity index (χ1) is 9.49. The lowest BCUT2D eigenvalue weighted by Gasteiger charge is -2.47. The molecule has 0 saturated carbocycles. The molecule has 0 atom stereocenters. The Morgan fingerprint density at radius 1 is 1.15 bits per heavy atom. The van der Waals surface area contributed by atoms with Gasteiger partial charge in [-0.05, 0) is 22.4 Å². The molecule has 0 unspecified atom stereocenters. The van der Waals surface area contributed by atoms with Gasteiger partial charge in [-0.15, -0.1) is 0 Å². The van der Waals surface area contributed by atoms with Crippen molar-refractivity contribution in [2.45, 2.75) is 5.60 Å². The van der Waals surface area contributed by atoms with Crippen molar-refractivity contribution in [1.82, 2.24) is 9.80 Å². The maximum atomic E-state index is 11.8. The van der Waals surface area contributed by atoms with Crippen molar-refractivity contribution in [1.29, 1.82) is 0 Å². The van der Waals surface area contributed by atoms with Crippen LogP contribution in [0.25, 0.3) is 10.8 Å². The average Bonchev–Trinajstić information content (AvgIpc) is 2.42. The maximum Gasteiger partial charge on any atom is 0.319 e. The van der Waals surface area contributed by atoms with E-state index in [9.17, 15) is 9.90 Å². The molecule has 1 aliphatic rings. The Hall–Kier alpha value is -2.07. The molecule has 3 rings (SSSR count). The summed E-state index contributed by atoms with van der Waals surface area (Å²) < 4.78 is 0. The number of aliphatic hydroxyl groups is 1. The SMILES string of the molecule is CN(C)C(=O)N1CC(O)(c2ccc3ccccc3c2)C1. The second-order valence-corrected chi connectivity index (χ2v) is 5.63. The Balaban J connectivity index is 1.84. The smallest absolute Gasteiger partial charge is 0.319 e. The Morgan fingerprint density at radius 2 is 1.80 bits per heavy atom. The molecule has 2 amide bonds. The van der Waals surface area contributed by atoms with Crippen molar-refractivity contribution < 1.29 is 9.90 Å². The molecule has 0 radical (unpaired) electrons. The first-order valence-corrected chi connectivity index (χ1v) is 6.67. The molecule has 104 valence electrons. The third-order valence-electron chi connectivity index (χ3n) is 3.84. The number of nitrogens with zero attached hydrogens (tertiary/aromatic N) is 2. The fourth-order valence-corrected chi connectivity index (χ4v) is 2.66. The van der Waals surface area contributed by atoms with Crippen molar-refractivity contribution in [3.63, 3.8) is 0 Å². The van der Waals surface area contributed by atoms with Gasteiger partial charge in [0.05, 0.1) is 13.1 Å². The van der Waals surface area contributed by atoms with Gasteiger partial charge in [-0.1, -0.05) is 36.4 Å². The van der Waals surface area contributed by atoms with E-state index in [4.69, 9.17) is 0 Å². The highest BCUT2D eigenvalue weighted by molar-refractivity contribution is 5.83. The monoisotopic (exact) mass is 270 g/mol. The number of benzene rings is 2. The molecule has 1 saturated heterocycles. The van der Waals surface area contributed by atoms with Crippen LogP contribution in [0.3, 0.4) is 0 Å². The number of carbonyl (C=O) groups excluding carboxylic acids is 1. The molecule has 2 aromatic rings. The van der Waals surface area contributed by atoms with E-state index >= 15 is 0 Å². The van der Waals surface area contributed by atoms with E-state index < -0.39 is 5.60 Å². The summed E-state index contributed by atoms with van der Waals surface area (Å²) in [5.41, 5.74) is -0.0469. The van der Waals surface area contributed by atoms with E-state index in [2.05, 4.69) is 0 Å². The molecular weight excluding hydrogens is 252 g/mol. The van der Waals surface area contributed by atoms with E-state index in [1.54, 1.807) is 19.0 Å². The van der Waals surface area contributed by atoms with E-state index in [1.165, 1.54) is 4.90 Å². The zero-order chi connectivity index (χ0) is 14.3. The zero-order valence-electron chi connectivity index (χ0n) is 11.7. The summed E-state index contributed by atoms with van der Waals surface area (Å²) in [4.78, 5) is 15.0. The molecule has 1 N–H and O–H groups in total. The topological polar surface area (TPSA) is 43.8 Å². The number of rotatable bonds is 1. The summed E-state index contributed by atoms with van der Waals surface area (Å²) >= 11 is 0. The van der Waals surface area contributed by atoms with Gasteiger partial charge in [0.25, 0.3) is 0 Å². The summed E-state index contributed by atoms with van der Waals surface area (Å²) in [6.07, 6.45) is 0. The number of hydrogen-bond acceptors (Lipinski definition) is 2. The van der Waals surface area contributed by atoms with Crippen molar-refractivity contribution in [2.24, 2.45) is 0 Å². The van der Waals surface area contributed by atoms with Crippen molar-refractivity contribution in [3.8, 4) is 0 Å². The van der Waals surface area contributed by atoms with Crippen molar-refractivity contribution >= 4 is 16.8 Å². The third kappa shape index (κ3) is 2.02. The van der Waals surface area contributed by atoms with Crippen molar-refractivity contribution in [3.05, 3.63) is 48.0 Å². The van der Waals surface area contributed by atoms with E-state index in [1.807, 2.05) is 42.5 Å². The van der Waals surface area contributed by atoms with Crippen LogP contribution in [-0.4, -0.2) is 48.1 Å². The predicted molar refractivity (Wildman–Crippen MR) is 78.5 cm³/mol. The number of urea groups is 1. The summed E-state index contributed by atoms with van der Waals surface area (Å²) in [7, 11) is 3.44. The second kappa shape index (κ2) is 4.49. The Labute approximate surface area is 118 Å². The first-order valence-electron chi connectivity index (χ1n) is 6.67. The van der Waals surface area contributed by atoms with Crippen LogP contribution in [0, 0.1) is 0 Å². The van der Waals surface area contributed by atoms with Crippen LogP contribution in [0.4, 0.5) is 4.79 Å². The van der Waals surface area contributed by atoms with E-state index in [0.29, 0.717) is 13.1 Å². The van der Waals surface area contributed by atoms with E-state index in [0.717, 1.165) is 16.3 Å². The lowest BCUT2D eigenvalue weighted by atomic mass is 9.85. The van der Waals surface area contributed by atoms with Gasteiger partial charge in [-0.3, -0.25) is 0 Å². The average molecular weight is 270 g/mol. The quantitative estimate of drug-likeness (QED) is 0.861. The summed E-state index contributed by atoms with van der Waals surface area (Å²) in [6.45, 7) is 0.699. The predicted octanol–water partition coefficient (Wildman–Crippen LogP) is 2.02. The summed E-state index contributed by atoms with van der Waals surface area (Å²) in [5.74, 6) is 0. The molecule has 2 aromatic carbocycles. The van der Waals surface area contributed by atoms with Crippen LogP contribution >= 0.6 is 0 Å². The number of hydrogen-bond donors (Lipinski definition) is 1. The highest BCUT2D eigenvalue weighted by Crippen LogP contribution is 2.33. The molecule has 4 heteroatoms. The summed E-state index contributed by atoms with van der Waals surface area (Å²) in [6, 6.07) is 14.0. The van der Waals surface area contributed by atoms with Gasteiger partial charge >= 0.3 is 6.03 Å². The minimum absolute atomic E-state index is 0.0598. The minimum Gasteiger partial charge on any atom is -0.381 e. The van der Waals surface area contributed by atoms with Gasteiger partial charge in [0.1, 0.15) is 5.60 Å². The van der Waals surface area contributed by atoms with Gasteiger partial charge in [-0.25, -0.2) is 4.79 Å². The van der Waals surface area contributed by atoms with E-state index in [-0.39, 0.29) is 6.03 Å². The lowest BCUT2D eigenvalue weighted by molar-refractivity contribution is -0.0851. The van der Waals surface area contributed by atoms with Crippen LogP contribution in [0.5, 0.6) is 0 Å². The highest BCUT2D eigenvalue weighted by Gasteiger charge is 2.45. The molecule has 1 heterocycles. The van der Waals surface area contributed by atoms with Gasteiger partial charge < -0.3 is 14.9 Å². The zero-order valence-corrected chi connectivity index (χ0v) is 11.7. The number of fused-ring (bicyclic) bond motifs is 1. The Bertz CT molecular complexity index is 660. The molecule has 1 fully saturated rings. The van der Waals surface area contributed by atoms with Crippen LogP contribution in [0.1, 0.15) is 5.56 Å². The Morgan fingerprint density at radius 3 is 2.45 bits per heavy atom. The lowest BCUT2D eigenvalue weighted by Crippen LogP contribution is -2.63. The standard InChI is InChI=1S/C16H18N2O2/c1-17(2)15(19)18-10-16(20,11-18)14-8-7-12-5-3-4-6-13(12)9-14/h3-9,20H,10-11H2,1-2H3. The molecule has 4 nitrogen and oxygen atoms in total. The maximum absolute atomic E-state index is 11.8. The second-order valence-electron chi connectivity index (χ2n) is 5.63. The van der Waals surface area contributed by atoms with Gasteiger partial charge in [0.2, 0.25) is 0 Å². The van der Waals surface area contributed by atoms with Crippen LogP contribution < -0.4 is 0 Å². The van der Waals surface area contributed by atoms with Gasteiger partial charge in [0, 0.05) is 14.1 Å². The van der Waals surface area contributed by atoms with Crippen LogP contribution in [0.2, 0.25) is 0 Å². The number of likely N-dealkylation sites (tertiary alicyclic amines) is 1. The van der Waals surface area contributed by atoms with Crippen molar-refractivity contribution in [2.75, 3.05) is 27.2 Å². The molecule has 0 aliphatic carbocycles. The van der Waals surface area contributed by atoms with Crippen LogP contribution in [0.15, 0.2) is 42.5 Å². The number of carbonyl (C=O) groups is 1. The first kappa shape index (κ1) is 12.9. The third-order valence-corrected chi connectivity index (χ3v) is 3.84. The molecule has 1 aliphatic heterocycles. The van der Waals surface area contributed by atoms with Crippen LogP contribution in [-0.2, 0) is 5.60 Å². The normalized spacial score (nSPS) is 16.9. The summed E-state index contributed by atoms with van der Waals surface area (Å²) in [5, 5.41) is 12.9. The number of β-amino-alcohol motifs (C(OH)–C–C–N with tert-alkyl or cyclic N) is 1. The van der Waals surface area contributed by atoms with Gasteiger partial charge in [-0.2, -0.15) is 0 Å². The molecule has 20 heavy (non-hydrogen) atoms. The molecule has 0 bridgehead atoms. The highest BCUT2D eigenvalue weighted by atomic mass is 16.3. The molecule has 0 spiro atoms. The van der Waals surface area contributed by atoms with Gasteiger partial charge in [0.15, 0.2) is 0 Å². The fourth-order valence-electron chi connectivity index (χ4n) is 2.66. The minimum atomic E-state index is -0.921. The number of amides is 2. The Kier molecular flexibility index (Phi) is 2.91. The largest absolute Gasteiger partial charge is 0.381 e. The molecule has 0 aromatic heterocycles.